The lowest BCUT2D eigenvalue weighted by molar-refractivity contribution is -0.137. The van der Waals surface area contributed by atoms with Crippen LogP contribution in [0.3, 0.4) is 0 Å². The number of anilines is 1. The van der Waals surface area contributed by atoms with Crippen molar-refractivity contribution in [2.75, 3.05) is 5.32 Å². The van der Waals surface area contributed by atoms with Gasteiger partial charge in [-0.15, -0.1) is 0 Å². The molecule has 7 nitrogen and oxygen atoms in total. The lowest BCUT2D eigenvalue weighted by Gasteiger charge is -2.14. The molecule has 1 heterocycles. The van der Waals surface area contributed by atoms with Gasteiger partial charge in [-0.2, -0.15) is 18.3 Å². The summed E-state index contributed by atoms with van der Waals surface area (Å²) in [6.45, 7) is -0.797. The molecule has 0 saturated carbocycles. The Bertz CT molecular complexity index is 1290. The molecule has 0 bridgehead atoms. The van der Waals surface area contributed by atoms with Gasteiger partial charge < -0.3 is 5.32 Å². The largest absolute Gasteiger partial charge is 0.418 e. The lowest BCUT2D eigenvalue weighted by atomic mass is 10.1. The normalized spacial score (nSPS) is 11.9. The minimum atomic E-state index is -4.70. The van der Waals surface area contributed by atoms with Crippen LogP contribution in [0, 0.1) is 0 Å². The number of aromatic nitrogens is 2. The van der Waals surface area contributed by atoms with Gasteiger partial charge in [-0.05, 0) is 42.5 Å². The Morgan fingerprint density at radius 3 is 2.32 bits per heavy atom. The number of nitrogens with one attached hydrogen (secondary N) is 1. The summed E-state index contributed by atoms with van der Waals surface area (Å²) in [7, 11) is -4.13. The van der Waals surface area contributed by atoms with Crippen molar-refractivity contribution in [3.63, 3.8) is 0 Å². The number of nitrogens with zero attached hydrogens (tertiary/aromatic N) is 2. The minimum Gasteiger partial charge on any atom is -0.324 e. The van der Waals surface area contributed by atoms with Crippen LogP contribution in [0.2, 0.25) is 5.02 Å². The van der Waals surface area contributed by atoms with Gasteiger partial charge in [0.25, 0.3) is 5.56 Å². The smallest absolute Gasteiger partial charge is 0.324 e. The third-order valence-electron chi connectivity index (χ3n) is 4.04. The fraction of sp³-hybridized carbons (Fsp3) is 0.105. The standard InChI is InChI=1S/C19H13ClF3N3O4S/c20-12-5-7-13(8-6-12)31(29,30)17-9-10-18(28)26(25-17)11-16(27)24-15-4-2-1-3-14(15)19(21,22)23/h1-10H,11H2,(H,24,27). The maximum Gasteiger partial charge on any atom is 0.418 e. The maximum absolute atomic E-state index is 13.1. The fourth-order valence-electron chi connectivity index (χ4n) is 2.59. The number of rotatable bonds is 5. The summed E-state index contributed by atoms with van der Waals surface area (Å²) in [5, 5.41) is 5.56. The van der Waals surface area contributed by atoms with Gasteiger partial charge >= 0.3 is 6.18 Å². The number of carbonyl (C=O) groups excluding carboxylic acids is 1. The first-order valence-electron chi connectivity index (χ1n) is 8.53. The van der Waals surface area contributed by atoms with Gasteiger partial charge in [0.05, 0.1) is 16.1 Å². The zero-order valence-electron chi connectivity index (χ0n) is 15.4. The quantitative estimate of drug-likeness (QED) is 0.615. The Hall–Kier alpha value is -3.18. The van der Waals surface area contributed by atoms with E-state index < -0.39 is 50.3 Å². The number of hydrogen-bond acceptors (Lipinski definition) is 5. The number of para-hydroxylation sites is 1. The second-order valence-corrected chi connectivity index (χ2v) is 8.55. The molecule has 0 atom stereocenters. The van der Waals surface area contributed by atoms with Crippen molar-refractivity contribution in [3.05, 3.63) is 81.6 Å². The van der Waals surface area contributed by atoms with E-state index in [1.165, 1.54) is 30.3 Å². The number of halogens is 4. The van der Waals surface area contributed by atoms with Gasteiger partial charge in [0.2, 0.25) is 15.7 Å². The number of hydrogen-bond donors (Lipinski definition) is 1. The van der Waals surface area contributed by atoms with Crippen molar-refractivity contribution in [3.8, 4) is 0 Å². The molecule has 1 amide bonds. The Balaban J connectivity index is 1.88. The highest BCUT2D eigenvalue weighted by Crippen LogP contribution is 2.34. The van der Waals surface area contributed by atoms with Gasteiger partial charge in [-0.1, -0.05) is 23.7 Å². The predicted molar refractivity (Wildman–Crippen MR) is 105 cm³/mol. The van der Waals surface area contributed by atoms with E-state index in [0.29, 0.717) is 9.70 Å². The van der Waals surface area contributed by atoms with E-state index in [2.05, 4.69) is 10.4 Å². The van der Waals surface area contributed by atoms with Crippen LogP contribution in [0.15, 0.2) is 75.4 Å². The van der Waals surface area contributed by atoms with Crippen molar-refractivity contribution >= 4 is 33.0 Å². The number of sulfone groups is 1. The summed E-state index contributed by atoms with van der Waals surface area (Å²) in [4.78, 5) is 24.1. The molecular formula is C19H13ClF3N3O4S. The predicted octanol–water partition coefficient (Wildman–Crippen LogP) is 3.39. The lowest BCUT2D eigenvalue weighted by Crippen LogP contribution is -2.30. The fourth-order valence-corrected chi connectivity index (χ4v) is 3.90. The van der Waals surface area contributed by atoms with E-state index in [0.717, 1.165) is 30.3 Å². The van der Waals surface area contributed by atoms with Crippen LogP contribution in [-0.2, 0) is 27.4 Å². The van der Waals surface area contributed by atoms with Crippen molar-refractivity contribution in [2.24, 2.45) is 0 Å². The van der Waals surface area contributed by atoms with Crippen LogP contribution in [0.1, 0.15) is 5.56 Å². The molecular weight excluding hydrogens is 459 g/mol. The number of carbonyl (C=O) groups is 1. The molecule has 0 unspecified atom stereocenters. The number of amides is 1. The summed E-state index contributed by atoms with van der Waals surface area (Å²) in [6.07, 6.45) is -4.70. The first kappa shape index (κ1) is 22.5. The average Bonchev–Trinajstić information content (AvgIpc) is 2.69. The molecule has 3 rings (SSSR count). The summed E-state index contributed by atoms with van der Waals surface area (Å²) in [6, 6.07) is 11.4. The third kappa shape index (κ3) is 5.12. The van der Waals surface area contributed by atoms with E-state index >= 15 is 0 Å². The average molecular weight is 472 g/mol. The van der Waals surface area contributed by atoms with Crippen molar-refractivity contribution < 1.29 is 26.4 Å². The maximum atomic E-state index is 13.1. The van der Waals surface area contributed by atoms with Crippen LogP contribution in [0.25, 0.3) is 0 Å². The minimum absolute atomic E-state index is 0.141. The molecule has 1 N–H and O–H groups in total. The molecule has 0 saturated heterocycles. The third-order valence-corrected chi connectivity index (χ3v) is 5.95. The van der Waals surface area contributed by atoms with E-state index in [9.17, 15) is 31.2 Å². The van der Waals surface area contributed by atoms with E-state index in [1.54, 1.807) is 0 Å². The molecule has 3 aromatic rings. The molecule has 0 fully saturated rings. The van der Waals surface area contributed by atoms with E-state index in [1.807, 2.05) is 0 Å². The van der Waals surface area contributed by atoms with Crippen LogP contribution in [-0.4, -0.2) is 24.1 Å². The first-order valence-corrected chi connectivity index (χ1v) is 10.4. The Kier molecular flexibility index (Phi) is 6.18. The van der Waals surface area contributed by atoms with Crippen molar-refractivity contribution in [2.45, 2.75) is 22.6 Å². The van der Waals surface area contributed by atoms with Crippen molar-refractivity contribution in [1.82, 2.24) is 9.78 Å². The second-order valence-electron chi connectivity index (χ2n) is 6.22. The van der Waals surface area contributed by atoms with Gasteiger partial charge in [0.1, 0.15) is 6.54 Å². The van der Waals surface area contributed by atoms with E-state index in [4.69, 9.17) is 11.6 Å². The highest BCUT2D eigenvalue weighted by Gasteiger charge is 2.33. The topological polar surface area (TPSA) is 98.1 Å². The summed E-state index contributed by atoms with van der Waals surface area (Å²) in [5.74, 6) is -0.993. The van der Waals surface area contributed by atoms with Gasteiger partial charge in [0, 0.05) is 11.1 Å². The van der Waals surface area contributed by atoms with E-state index in [-0.39, 0.29) is 4.90 Å². The Labute approximate surface area is 179 Å². The molecule has 0 aliphatic carbocycles. The molecule has 162 valence electrons. The first-order chi connectivity index (χ1) is 14.5. The zero-order chi connectivity index (χ0) is 22.8. The highest BCUT2D eigenvalue weighted by molar-refractivity contribution is 7.91. The molecule has 2 aromatic carbocycles. The molecule has 0 aliphatic heterocycles. The highest BCUT2D eigenvalue weighted by atomic mass is 35.5. The molecule has 12 heteroatoms. The molecule has 0 spiro atoms. The summed E-state index contributed by atoms with van der Waals surface area (Å²) >= 11 is 5.75. The van der Waals surface area contributed by atoms with Crippen LogP contribution < -0.4 is 10.9 Å². The zero-order valence-corrected chi connectivity index (χ0v) is 17.0. The molecule has 1 aromatic heterocycles. The van der Waals surface area contributed by atoms with Gasteiger partial charge in [0.15, 0.2) is 5.03 Å². The molecule has 31 heavy (non-hydrogen) atoms. The summed E-state index contributed by atoms with van der Waals surface area (Å²) < 4.78 is 65.1. The van der Waals surface area contributed by atoms with Gasteiger partial charge in [-0.25, -0.2) is 13.1 Å². The number of benzene rings is 2. The number of alkyl halides is 3. The van der Waals surface area contributed by atoms with Crippen LogP contribution >= 0.6 is 11.6 Å². The van der Waals surface area contributed by atoms with Crippen LogP contribution in [0.4, 0.5) is 18.9 Å². The SMILES string of the molecule is O=C(Cn1nc(S(=O)(=O)c2ccc(Cl)cc2)ccc1=O)Nc1ccccc1C(F)(F)F. The molecule has 0 aliphatic rings. The Morgan fingerprint density at radius 1 is 1.03 bits per heavy atom. The summed E-state index contributed by atoms with van der Waals surface area (Å²) in [5.41, 5.74) is -2.38. The Morgan fingerprint density at radius 2 is 1.68 bits per heavy atom. The van der Waals surface area contributed by atoms with Crippen molar-refractivity contribution in [1.29, 1.82) is 0 Å². The second kappa shape index (κ2) is 8.52. The monoisotopic (exact) mass is 471 g/mol. The van der Waals surface area contributed by atoms with Gasteiger partial charge in [-0.3, -0.25) is 9.59 Å². The van der Waals surface area contributed by atoms with Crippen LogP contribution in [0.5, 0.6) is 0 Å². The molecule has 0 radical (unpaired) electrons.